The fraction of sp³-hybridized carbons (Fsp3) is 0.125. The molecule has 0 aliphatic rings. The molecule has 66 valence electrons. The van der Waals surface area contributed by atoms with Crippen molar-refractivity contribution in [3.8, 4) is 0 Å². The minimum absolute atomic E-state index is 0.167. The van der Waals surface area contributed by atoms with Crippen LogP contribution in [-0.4, -0.2) is 4.92 Å². The minimum Gasteiger partial charge on any atom is -0.258 e. The van der Waals surface area contributed by atoms with Gasteiger partial charge in [0.25, 0.3) is 0 Å². The fourth-order valence-corrected chi connectivity index (χ4v) is 2.19. The van der Waals surface area contributed by atoms with Gasteiger partial charge in [-0.3, -0.25) is 10.1 Å². The number of nitro groups is 1. The molecule has 0 unspecified atom stereocenters. The van der Waals surface area contributed by atoms with Crippen molar-refractivity contribution >= 4 is 21.9 Å². The predicted molar refractivity (Wildman–Crippen MR) is 48.9 cm³/mol. The third kappa shape index (κ3) is 1.17. The molecule has 5 heteroatoms. The molecule has 2 rings (SSSR count). The molecule has 4 nitrogen and oxygen atoms in total. The van der Waals surface area contributed by atoms with Crippen molar-refractivity contribution < 1.29 is 9.32 Å². The van der Waals surface area contributed by atoms with Gasteiger partial charge in [0.1, 0.15) is 0 Å². The molecule has 0 spiro atoms. The topological polar surface area (TPSA) is 47.2 Å². The first kappa shape index (κ1) is 8.12. The lowest BCUT2D eigenvalue weighted by atomic mass is 10.4. The van der Waals surface area contributed by atoms with Crippen LogP contribution in [0.25, 0.3) is 4.83 Å². The number of fused-ring (bicyclic) bond motifs is 1. The van der Waals surface area contributed by atoms with E-state index in [0.29, 0.717) is 4.83 Å². The number of aromatic nitrogens is 1. The molecule has 2 aromatic heterocycles. The predicted octanol–water partition coefficient (Wildman–Crippen LogP) is 1.70. The molecular weight excluding hydrogens is 188 g/mol. The monoisotopic (exact) mass is 195 g/mol. The van der Waals surface area contributed by atoms with E-state index in [0.717, 1.165) is 5.69 Å². The molecule has 13 heavy (non-hydrogen) atoms. The van der Waals surface area contributed by atoms with Gasteiger partial charge < -0.3 is 0 Å². The largest absolute Gasteiger partial charge is 0.351 e. The summed E-state index contributed by atoms with van der Waals surface area (Å²) in [5.74, 6) is 0. The van der Waals surface area contributed by atoms with Crippen molar-refractivity contribution in [2.24, 2.45) is 0 Å². The summed E-state index contributed by atoms with van der Waals surface area (Å²) in [4.78, 5) is 11.0. The highest BCUT2D eigenvalue weighted by molar-refractivity contribution is 7.15. The van der Waals surface area contributed by atoms with Crippen LogP contribution in [0.5, 0.6) is 0 Å². The Kier molecular flexibility index (Phi) is 1.73. The average molecular weight is 195 g/mol. The second-order valence-electron chi connectivity index (χ2n) is 2.70. The Morgan fingerprint density at radius 2 is 2.38 bits per heavy atom. The zero-order valence-electron chi connectivity index (χ0n) is 6.93. The van der Waals surface area contributed by atoms with Crippen molar-refractivity contribution in [2.45, 2.75) is 6.92 Å². The Morgan fingerprint density at radius 1 is 1.62 bits per heavy atom. The van der Waals surface area contributed by atoms with Gasteiger partial charge in [0.05, 0.1) is 10.3 Å². The summed E-state index contributed by atoms with van der Waals surface area (Å²) in [6.07, 6.45) is 1.83. The normalized spacial score (nSPS) is 10.5. The minimum atomic E-state index is -0.356. The van der Waals surface area contributed by atoms with Gasteiger partial charge in [0.15, 0.2) is 11.9 Å². The molecule has 0 aromatic carbocycles. The summed E-state index contributed by atoms with van der Waals surface area (Å²) in [5.41, 5.74) is 1.18. The van der Waals surface area contributed by atoms with Crippen molar-refractivity contribution in [1.29, 1.82) is 0 Å². The van der Waals surface area contributed by atoms with Gasteiger partial charge in [0, 0.05) is 19.1 Å². The SMILES string of the molecule is Cc1csc2c([N+](=O)[O-])ccc[n+]12. The molecule has 0 saturated carbocycles. The number of aryl methyl sites for hydroxylation is 1. The summed E-state index contributed by atoms with van der Waals surface area (Å²) < 4.78 is 1.82. The zero-order chi connectivity index (χ0) is 9.42. The van der Waals surface area contributed by atoms with Crippen LogP contribution < -0.4 is 4.40 Å². The van der Waals surface area contributed by atoms with Crippen LogP contribution in [0.4, 0.5) is 5.69 Å². The molecule has 0 aliphatic heterocycles. The van der Waals surface area contributed by atoms with Gasteiger partial charge in [-0.05, 0) is 0 Å². The molecule has 2 heterocycles. The molecular formula is C8H7N2O2S+. The van der Waals surface area contributed by atoms with Crippen LogP contribution >= 0.6 is 11.3 Å². The summed E-state index contributed by atoms with van der Waals surface area (Å²) in [6.45, 7) is 1.92. The zero-order valence-corrected chi connectivity index (χ0v) is 7.75. The third-order valence-electron chi connectivity index (χ3n) is 1.84. The number of thiazole rings is 1. The Hall–Kier alpha value is -1.49. The Labute approximate surface area is 78.2 Å². The Morgan fingerprint density at radius 3 is 3.08 bits per heavy atom. The van der Waals surface area contributed by atoms with Gasteiger partial charge in [0.2, 0.25) is 0 Å². The van der Waals surface area contributed by atoms with Crippen molar-refractivity contribution in [3.63, 3.8) is 0 Å². The average Bonchev–Trinajstić information content (AvgIpc) is 2.48. The highest BCUT2D eigenvalue weighted by Gasteiger charge is 2.21. The first-order valence-corrected chi connectivity index (χ1v) is 4.61. The van der Waals surface area contributed by atoms with Gasteiger partial charge in [-0.15, -0.1) is 4.40 Å². The van der Waals surface area contributed by atoms with Gasteiger partial charge in [-0.25, -0.2) is 0 Å². The highest BCUT2D eigenvalue weighted by Crippen LogP contribution is 2.20. The number of hydrogen-bond donors (Lipinski definition) is 0. The second kappa shape index (κ2) is 2.77. The van der Waals surface area contributed by atoms with E-state index in [1.807, 2.05) is 22.9 Å². The van der Waals surface area contributed by atoms with Crippen molar-refractivity contribution in [1.82, 2.24) is 0 Å². The maximum absolute atomic E-state index is 10.6. The van der Waals surface area contributed by atoms with Gasteiger partial charge in [-0.1, -0.05) is 11.3 Å². The molecule has 0 fully saturated rings. The molecule has 0 saturated heterocycles. The number of pyridine rings is 1. The number of rotatable bonds is 1. The van der Waals surface area contributed by atoms with E-state index >= 15 is 0 Å². The second-order valence-corrected chi connectivity index (χ2v) is 3.56. The van der Waals surface area contributed by atoms with E-state index in [2.05, 4.69) is 0 Å². The van der Waals surface area contributed by atoms with Crippen LogP contribution in [0, 0.1) is 17.0 Å². The van der Waals surface area contributed by atoms with E-state index in [9.17, 15) is 10.1 Å². The molecule has 0 aliphatic carbocycles. The molecule has 0 N–H and O–H groups in total. The molecule has 0 amide bonds. The molecule has 0 radical (unpaired) electrons. The molecule has 0 atom stereocenters. The fourth-order valence-electron chi connectivity index (χ4n) is 1.21. The number of hydrogen-bond acceptors (Lipinski definition) is 3. The van der Waals surface area contributed by atoms with Crippen LogP contribution in [0.1, 0.15) is 5.69 Å². The van der Waals surface area contributed by atoms with Gasteiger partial charge in [-0.2, -0.15) is 0 Å². The Balaban J connectivity index is 2.84. The van der Waals surface area contributed by atoms with E-state index in [-0.39, 0.29) is 10.6 Å². The van der Waals surface area contributed by atoms with E-state index < -0.39 is 0 Å². The van der Waals surface area contributed by atoms with Crippen LogP contribution in [0.3, 0.4) is 0 Å². The van der Waals surface area contributed by atoms with Crippen LogP contribution in [0.15, 0.2) is 23.7 Å². The highest BCUT2D eigenvalue weighted by atomic mass is 32.1. The summed E-state index contributed by atoms with van der Waals surface area (Å²) >= 11 is 1.39. The number of nitrogens with zero attached hydrogens (tertiary/aromatic N) is 2. The van der Waals surface area contributed by atoms with Gasteiger partial charge >= 0.3 is 10.5 Å². The van der Waals surface area contributed by atoms with E-state index in [1.165, 1.54) is 17.4 Å². The first-order valence-electron chi connectivity index (χ1n) is 3.73. The van der Waals surface area contributed by atoms with Crippen molar-refractivity contribution in [3.05, 3.63) is 39.5 Å². The van der Waals surface area contributed by atoms with Crippen LogP contribution in [0.2, 0.25) is 0 Å². The lowest BCUT2D eigenvalue weighted by Crippen LogP contribution is -2.21. The lowest BCUT2D eigenvalue weighted by molar-refractivity contribution is -0.520. The molecule has 0 bridgehead atoms. The first-order chi connectivity index (χ1) is 6.20. The smallest absolute Gasteiger partial charge is 0.258 e. The summed E-state index contributed by atoms with van der Waals surface area (Å²) in [7, 11) is 0. The standard InChI is InChI=1S/C8H7N2O2S/c1-6-5-13-8-7(10(11)12)3-2-4-9(6)8/h2-5H,1H3/q+1. The summed E-state index contributed by atoms with van der Waals surface area (Å²) in [6, 6.07) is 3.20. The third-order valence-corrected chi connectivity index (χ3v) is 2.93. The maximum Gasteiger partial charge on any atom is 0.351 e. The summed E-state index contributed by atoms with van der Waals surface area (Å²) in [5, 5.41) is 12.5. The molecule has 2 aromatic rings. The van der Waals surface area contributed by atoms with E-state index in [1.54, 1.807) is 6.07 Å². The maximum atomic E-state index is 10.6. The van der Waals surface area contributed by atoms with E-state index in [4.69, 9.17) is 0 Å². The van der Waals surface area contributed by atoms with Crippen LogP contribution in [-0.2, 0) is 0 Å². The quantitative estimate of drug-likeness (QED) is 0.395. The van der Waals surface area contributed by atoms with Crippen molar-refractivity contribution in [2.75, 3.05) is 0 Å². The Bertz CT molecular complexity index is 478. The lowest BCUT2D eigenvalue weighted by Gasteiger charge is -1.87.